The Labute approximate surface area is 145 Å². The van der Waals surface area contributed by atoms with Crippen molar-refractivity contribution in [1.82, 2.24) is 4.98 Å². The molecule has 0 aliphatic carbocycles. The molecule has 4 aromatic rings. The molecule has 3 aromatic carbocycles. The fourth-order valence-electron chi connectivity index (χ4n) is 2.22. The average molecular weight is 354 g/mol. The number of benzene rings is 3. The minimum atomic E-state index is -2.87. The highest BCUT2D eigenvalue weighted by molar-refractivity contribution is 7.30. The van der Waals surface area contributed by atoms with Crippen LogP contribution in [0.4, 0.5) is 0 Å². The zero-order chi connectivity index (χ0) is 18.1. The van der Waals surface area contributed by atoms with Crippen molar-refractivity contribution in [2.75, 3.05) is 0 Å². The van der Waals surface area contributed by atoms with Crippen LogP contribution in [0.1, 0.15) is 0 Å². The Morgan fingerprint density at radius 1 is 0.720 bits per heavy atom. The van der Waals surface area contributed by atoms with Gasteiger partial charge in [0.05, 0.1) is 5.52 Å². The van der Waals surface area contributed by atoms with E-state index >= 15 is 0 Å². The van der Waals surface area contributed by atoms with E-state index < -0.39 is 8.25 Å². The van der Waals surface area contributed by atoms with Gasteiger partial charge in [-0.05, 0) is 23.6 Å². The summed E-state index contributed by atoms with van der Waals surface area (Å²) in [6.07, 6.45) is 1.81. The van der Waals surface area contributed by atoms with Gasteiger partial charge < -0.3 is 5.11 Å². The molecular weight excluding hydrogens is 337 g/mol. The maximum atomic E-state index is 9.37. The van der Waals surface area contributed by atoms with Gasteiger partial charge in [0.1, 0.15) is 5.75 Å². The quantitative estimate of drug-likeness (QED) is 0.407. The highest BCUT2D eigenvalue weighted by Gasteiger charge is 1.94. The van der Waals surface area contributed by atoms with Gasteiger partial charge in [0.25, 0.3) is 0 Å². The lowest BCUT2D eigenvalue weighted by molar-refractivity contribution is 0.405. The number of fused-ring (bicyclic) bond motifs is 2. The van der Waals surface area contributed by atoms with Gasteiger partial charge in [-0.2, -0.15) is 0 Å². The van der Waals surface area contributed by atoms with Gasteiger partial charge in [0, 0.05) is 21.5 Å². The maximum absolute atomic E-state index is 9.37. The Bertz CT molecular complexity index is 900. The SMILES string of the molecule is O=[P+](O)O.Oc1cccc2ccccc12.c1ccc2ncccc2c1. The summed E-state index contributed by atoms with van der Waals surface area (Å²) in [5, 5.41) is 12.6. The first-order valence-electron chi connectivity index (χ1n) is 7.39. The Hall–Kier alpha value is -2.85. The smallest absolute Gasteiger partial charge is 0.507 e. The van der Waals surface area contributed by atoms with Gasteiger partial charge in [0.2, 0.25) is 0 Å². The molecule has 1 heterocycles. The number of phenols is 1. The number of hydrogen-bond acceptors (Lipinski definition) is 3. The Kier molecular flexibility index (Phi) is 6.99. The number of aromatic hydroxyl groups is 1. The van der Waals surface area contributed by atoms with Crippen molar-refractivity contribution in [3.63, 3.8) is 0 Å². The van der Waals surface area contributed by atoms with Crippen LogP contribution in [-0.4, -0.2) is 19.9 Å². The summed E-state index contributed by atoms with van der Waals surface area (Å²) in [5.74, 6) is 0.350. The predicted molar refractivity (Wildman–Crippen MR) is 99.4 cm³/mol. The van der Waals surface area contributed by atoms with E-state index in [-0.39, 0.29) is 0 Å². The molecule has 0 spiro atoms. The van der Waals surface area contributed by atoms with Crippen LogP contribution in [0.2, 0.25) is 0 Å². The molecule has 3 N–H and O–H groups in total. The van der Waals surface area contributed by atoms with E-state index in [1.54, 1.807) is 6.07 Å². The van der Waals surface area contributed by atoms with Gasteiger partial charge in [-0.3, -0.25) is 4.98 Å². The molecule has 0 saturated carbocycles. The Morgan fingerprint density at radius 2 is 1.28 bits per heavy atom. The summed E-state index contributed by atoms with van der Waals surface area (Å²) < 4.78 is 8.70. The van der Waals surface area contributed by atoms with E-state index in [1.165, 1.54) is 5.39 Å². The number of nitrogens with zero attached hydrogens (tertiary/aromatic N) is 1. The molecule has 6 heteroatoms. The Balaban J connectivity index is 0.000000150. The van der Waals surface area contributed by atoms with Crippen LogP contribution in [0, 0.1) is 0 Å². The minimum absolute atomic E-state index is 0.350. The molecule has 0 amide bonds. The molecule has 4 rings (SSSR count). The van der Waals surface area contributed by atoms with Gasteiger partial charge in [0.15, 0.2) is 0 Å². The molecule has 0 aliphatic rings. The maximum Gasteiger partial charge on any atom is 0.692 e. The lowest BCUT2D eigenvalue weighted by atomic mass is 10.1. The van der Waals surface area contributed by atoms with Crippen molar-refractivity contribution in [2.45, 2.75) is 0 Å². The van der Waals surface area contributed by atoms with Crippen LogP contribution in [0.15, 0.2) is 85.1 Å². The monoisotopic (exact) mass is 354 g/mol. The number of para-hydroxylation sites is 1. The summed E-state index contributed by atoms with van der Waals surface area (Å²) in [6, 6.07) is 25.4. The van der Waals surface area contributed by atoms with Crippen molar-refractivity contribution >= 4 is 29.9 Å². The van der Waals surface area contributed by atoms with Crippen molar-refractivity contribution in [2.24, 2.45) is 0 Å². The standard InChI is InChI=1S/C10H8O.C9H7N.HO3P/c11-10-7-3-5-8-4-1-2-6-9(8)10;1-2-6-9-8(4-1)5-3-7-10-9;1-4(2)3/h1-7,11H;1-7H;(H-,1,2,3)/p+1. The lowest BCUT2D eigenvalue weighted by Gasteiger charge is -1.97. The zero-order valence-electron chi connectivity index (χ0n) is 13.2. The summed E-state index contributed by atoms with van der Waals surface area (Å²) in [5.41, 5.74) is 1.06. The van der Waals surface area contributed by atoms with E-state index in [4.69, 9.17) is 14.4 Å². The molecule has 1 aromatic heterocycles. The van der Waals surface area contributed by atoms with E-state index in [9.17, 15) is 5.11 Å². The third-order valence-corrected chi connectivity index (χ3v) is 3.28. The second-order valence-corrected chi connectivity index (χ2v) is 5.45. The van der Waals surface area contributed by atoms with Crippen LogP contribution in [0.3, 0.4) is 0 Å². The predicted octanol–water partition coefficient (Wildman–Crippen LogP) is 4.41. The molecule has 5 nitrogen and oxygen atoms in total. The summed E-state index contributed by atoms with van der Waals surface area (Å²) in [4.78, 5) is 18.4. The van der Waals surface area contributed by atoms with Gasteiger partial charge >= 0.3 is 8.25 Å². The Morgan fingerprint density at radius 3 is 1.96 bits per heavy atom. The second-order valence-electron chi connectivity index (χ2n) is 4.95. The van der Waals surface area contributed by atoms with Gasteiger partial charge in [-0.1, -0.05) is 60.7 Å². The van der Waals surface area contributed by atoms with Crippen molar-refractivity contribution in [3.05, 3.63) is 85.1 Å². The lowest BCUT2D eigenvalue weighted by Crippen LogP contribution is -1.73. The third-order valence-electron chi connectivity index (χ3n) is 3.28. The van der Waals surface area contributed by atoms with Gasteiger partial charge in [-0.15, -0.1) is 9.79 Å². The summed E-state index contributed by atoms with van der Waals surface area (Å²) >= 11 is 0. The van der Waals surface area contributed by atoms with Crippen LogP contribution in [0.5, 0.6) is 5.75 Å². The zero-order valence-corrected chi connectivity index (χ0v) is 14.1. The van der Waals surface area contributed by atoms with Crippen LogP contribution >= 0.6 is 8.25 Å². The summed E-state index contributed by atoms with van der Waals surface area (Å²) in [6.45, 7) is 0. The highest BCUT2D eigenvalue weighted by atomic mass is 31.1. The third kappa shape index (κ3) is 5.94. The van der Waals surface area contributed by atoms with E-state index in [0.29, 0.717) is 5.75 Å². The first-order chi connectivity index (χ1) is 12.1. The highest BCUT2D eigenvalue weighted by Crippen LogP contribution is 2.22. The molecule has 0 aliphatic heterocycles. The first kappa shape index (κ1) is 18.5. The average Bonchev–Trinajstić information content (AvgIpc) is 2.62. The molecule has 0 fully saturated rings. The number of phenolic OH excluding ortho intramolecular Hbond substituents is 1. The van der Waals surface area contributed by atoms with Gasteiger partial charge in [-0.25, -0.2) is 0 Å². The molecule has 0 unspecified atom stereocenters. The first-order valence-corrected chi connectivity index (χ1v) is 8.56. The largest absolute Gasteiger partial charge is 0.692 e. The molecule has 25 heavy (non-hydrogen) atoms. The minimum Gasteiger partial charge on any atom is -0.507 e. The molecule has 0 bridgehead atoms. The van der Waals surface area contributed by atoms with Crippen LogP contribution in [-0.2, 0) is 4.57 Å². The fraction of sp³-hybridized carbons (Fsp3) is 0. The van der Waals surface area contributed by atoms with Crippen molar-refractivity contribution < 1.29 is 19.5 Å². The molecule has 0 saturated heterocycles. The summed E-state index contributed by atoms with van der Waals surface area (Å²) in [7, 11) is -2.87. The molecule has 0 radical (unpaired) electrons. The van der Waals surface area contributed by atoms with Crippen LogP contribution < -0.4 is 0 Å². The van der Waals surface area contributed by atoms with Crippen molar-refractivity contribution in [3.8, 4) is 5.75 Å². The number of aromatic nitrogens is 1. The van der Waals surface area contributed by atoms with E-state index in [0.717, 1.165) is 16.3 Å². The van der Waals surface area contributed by atoms with E-state index in [1.807, 2.05) is 66.9 Å². The normalized spacial score (nSPS) is 9.52. The number of rotatable bonds is 0. The van der Waals surface area contributed by atoms with Crippen molar-refractivity contribution in [1.29, 1.82) is 0 Å². The molecule has 126 valence electrons. The van der Waals surface area contributed by atoms with Crippen LogP contribution in [0.25, 0.3) is 21.7 Å². The molecular formula is C19H17NO4P+. The number of hydrogen-bond donors (Lipinski definition) is 3. The second kappa shape index (κ2) is 9.45. The van der Waals surface area contributed by atoms with E-state index in [2.05, 4.69) is 17.1 Å². The molecule has 0 atom stereocenters. The number of pyridine rings is 1. The fourth-order valence-corrected chi connectivity index (χ4v) is 2.22. The topological polar surface area (TPSA) is 90.7 Å².